The van der Waals surface area contributed by atoms with Gasteiger partial charge in [-0.3, -0.25) is 0 Å². The molecule has 0 spiro atoms. The van der Waals surface area contributed by atoms with E-state index in [2.05, 4.69) is 10.6 Å². The molecule has 2 N–H and O–H groups in total. The highest BCUT2D eigenvalue weighted by Crippen LogP contribution is 2.39. The van der Waals surface area contributed by atoms with Crippen LogP contribution in [0.3, 0.4) is 0 Å². The largest absolute Gasteiger partial charge is 0.493 e. The molecular weight excluding hydrogens is 308 g/mol. The minimum atomic E-state index is -0.0960. The van der Waals surface area contributed by atoms with Crippen LogP contribution in [0.4, 0.5) is 4.79 Å². The lowest BCUT2D eigenvalue weighted by Gasteiger charge is -2.23. The lowest BCUT2D eigenvalue weighted by Crippen LogP contribution is -2.43. The van der Waals surface area contributed by atoms with Crippen LogP contribution in [0.1, 0.15) is 37.7 Å². The van der Waals surface area contributed by atoms with Gasteiger partial charge in [0.1, 0.15) is 0 Å². The van der Waals surface area contributed by atoms with Crippen LogP contribution in [-0.2, 0) is 6.42 Å². The minimum Gasteiger partial charge on any atom is -0.493 e. The molecule has 6 nitrogen and oxygen atoms in total. The average Bonchev–Trinajstić information content (AvgIpc) is 2.61. The molecule has 1 aromatic carbocycles. The Hall–Kier alpha value is -2.11. The van der Waals surface area contributed by atoms with E-state index in [0.717, 1.165) is 18.4 Å². The van der Waals surface area contributed by atoms with Gasteiger partial charge in [0.2, 0.25) is 5.75 Å². The normalized spacial score (nSPS) is 14.8. The van der Waals surface area contributed by atoms with E-state index in [4.69, 9.17) is 14.2 Å². The third-order valence-electron chi connectivity index (χ3n) is 4.41. The molecule has 0 bridgehead atoms. The summed E-state index contributed by atoms with van der Waals surface area (Å²) in [5, 5.41) is 5.97. The molecule has 6 heteroatoms. The first kappa shape index (κ1) is 18.2. The smallest absolute Gasteiger partial charge is 0.315 e. The number of carbonyl (C=O) groups excluding carboxylic acids is 1. The van der Waals surface area contributed by atoms with Crippen molar-refractivity contribution in [2.75, 3.05) is 27.9 Å². The van der Waals surface area contributed by atoms with E-state index in [1.54, 1.807) is 21.3 Å². The summed E-state index contributed by atoms with van der Waals surface area (Å²) in [7, 11) is 4.78. The summed E-state index contributed by atoms with van der Waals surface area (Å²) in [6.45, 7) is 0.532. The van der Waals surface area contributed by atoms with Gasteiger partial charge >= 0.3 is 6.03 Å². The van der Waals surface area contributed by atoms with Crippen molar-refractivity contribution in [1.29, 1.82) is 0 Å². The Bertz CT molecular complexity index is 542. The maximum atomic E-state index is 12.0. The van der Waals surface area contributed by atoms with Gasteiger partial charge in [-0.2, -0.15) is 0 Å². The lowest BCUT2D eigenvalue weighted by atomic mass is 9.96. The standard InChI is InChI=1S/C18H28N2O4/c1-22-15-10-9-13(16(23-2)17(15)24-3)11-12-19-18(21)20-14-7-5-4-6-8-14/h9-10,14H,4-8,11-12H2,1-3H3,(H2,19,20,21). The predicted octanol–water partition coefficient (Wildman–Crippen LogP) is 2.89. The molecule has 134 valence electrons. The number of carbonyl (C=O) groups is 1. The highest BCUT2D eigenvalue weighted by molar-refractivity contribution is 5.74. The van der Waals surface area contributed by atoms with Gasteiger partial charge in [-0.1, -0.05) is 25.3 Å². The summed E-state index contributed by atoms with van der Waals surface area (Å²) in [6, 6.07) is 4.00. The lowest BCUT2D eigenvalue weighted by molar-refractivity contribution is 0.232. The summed E-state index contributed by atoms with van der Waals surface area (Å²) in [6.07, 6.45) is 6.50. The van der Waals surface area contributed by atoms with Crippen LogP contribution in [0.5, 0.6) is 17.2 Å². The van der Waals surface area contributed by atoms with E-state index < -0.39 is 0 Å². The van der Waals surface area contributed by atoms with E-state index in [9.17, 15) is 4.79 Å². The van der Waals surface area contributed by atoms with Crippen molar-refractivity contribution in [3.05, 3.63) is 17.7 Å². The summed E-state index contributed by atoms with van der Waals surface area (Å²) >= 11 is 0. The molecule has 2 rings (SSSR count). The molecule has 1 aliphatic rings. The summed E-state index contributed by atoms with van der Waals surface area (Å²) in [5.74, 6) is 1.84. The van der Waals surface area contributed by atoms with E-state index in [1.165, 1.54) is 19.3 Å². The maximum Gasteiger partial charge on any atom is 0.315 e. The summed E-state index contributed by atoms with van der Waals surface area (Å²) in [5.41, 5.74) is 0.966. The fourth-order valence-corrected chi connectivity index (χ4v) is 3.15. The van der Waals surface area contributed by atoms with E-state index in [0.29, 0.717) is 36.3 Å². The highest BCUT2D eigenvalue weighted by atomic mass is 16.5. The highest BCUT2D eigenvalue weighted by Gasteiger charge is 2.17. The molecule has 0 aliphatic heterocycles. The SMILES string of the molecule is COc1ccc(CCNC(=O)NC2CCCCC2)c(OC)c1OC. The molecule has 0 unspecified atom stereocenters. The van der Waals surface area contributed by atoms with Crippen molar-refractivity contribution in [3.8, 4) is 17.2 Å². The van der Waals surface area contributed by atoms with Gasteiger partial charge in [0.15, 0.2) is 11.5 Å². The van der Waals surface area contributed by atoms with Gasteiger partial charge < -0.3 is 24.8 Å². The molecule has 2 amide bonds. The molecule has 0 saturated heterocycles. The zero-order chi connectivity index (χ0) is 17.4. The van der Waals surface area contributed by atoms with Crippen molar-refractivity contribution in [2.45, 2.75) is 44.6 Å². The summed E-state index contributed by atoms with van der Waals surface area (Å²) < 4.78 is 16.1. The van der Waals surface area contributed by atoms with Gasteiger partial charge in [0.25, 0.3) is 0 Å². The quantitative estimate of drug-likeness (QED) is 0.803. The molecule has 1 fully saturated rings. The summed E-state index contributed by atoms with van der Waals surface area (Å²) in [4.78, 5) is 12.0. The molecule has 0 radical (unpaired) electrons. The Morgan fingerprint density at radius 2 is 1.75 bits per heavy atom. The maximum absolute atomic E-state index is 12.0. The zero-order valence-corrected chi connectivity index (χ0v) is 14.8. The fourth-order valence-electron chi connectivity index (χ4n) is 3.15. The number of rotatable bonds is 7. The number of hydrogen-bond acceptors (Lipinski definition) is 4. The van der Waals surface area contributed by atoms with Gasteiger partial charge in [-0.15, -0.1) is 0 Å². The van der Waals surface area contributed by atoms with Gasteiger partial charge in [-0.25, -0.2) is 4.79 Å². The predicted molar refractivity (Wildman–Crippen MR) is 93.2 cm³/mol. The number of nitrogens with one attached hydrogen (secondary N) is 2. The van der Waals surface area contributed by atoms with Crippen LogP contribution < -0.4 is 24.8 Å². The van der Waals surface area contributed by atoms with Crippen molar-refractivity contribution >= 4 is 6.03 Å². The molecule has 0 heterocycles. The van der Waals surface area contributed by atoms with Crippen LogP contribution in [0.15, 0.2) is 12.1 Å². The van der Waals surface area contributed by atoms with E-state index in [1.807, 2.05) is 12.1 Å². The van der Waals surface area contributed by atoms with Crippen LogP contribution in [0.25, 0.3) is 0 Å². The second-order valence-electron chi connectivity index (χ2n) is 5.98. The number of ether oxygens (including phenoxy) is 3. The van der Waals surface area contributed by atoms with Crippen molar-refractivity contribution in [3.63, 3.8) is 0 Å². The molecule has 1 aromatic rings. The van der Waals surface area contributed by atoms with E-state index in [-0.39, 0.29) is 6.03 Å². The Labute approximate surface area is 143 Å². The van der Waals surface area contributed by atoms with Gasteiger partial charge in [0.05, 0.1) is 21.3 Å². The third kappa shape index (κ3) is 4.69. The fraction of sp³-hybridized carbons (Fsp3) is 0.611. The van der Waals surface area contributed by atoms with Crippen molar-refractivity contribution < 1.29 is 19.0 Å². The first-order valence-electron chi connectivity index (χ1n) is 8.51. The van der Waals surface area contributed by atoms with E-state index >= 15 is 0 Å². The Balaban J connectivity index is 1.88. The number of benzene rings is 1. The Morgan fingerprint density at radius 1 is 1.04 bits per heavy atom. The number of amides is 2. The van der Waals surface area contributed by atoms with Crippen LogP contribution >= 0.6 is 0 Å². The molecule has 0 atom stereocenters. The minimum absolute atomic E-state index is 0.0960. The molecule has 1 aliphatic carbocycles. The second kappa shape index (κ2) is 9.25. The first-order valence-corrected chi connectivity index (χ1v) is 8.51. The molecule has 24 heavy (non-hydrogen) atoms. The Morgan fingerprint density at radius 3 is 2.38 bits per heavy atom. The monoisotopic (exact) mass is 336 g/mol. The first-order chi connectivity index (χ1) is 11.7. The Kier molecular flexibility index (Phi) is 7.03. The van der Waals surface area contributed by atoms with Crippen molar-refractivity contribution in [1.82, 2.24) is 10.6 Å². The van der Waals surface area contributed by atoms with Crippen molar-refractivity contribution in [2.24, 2.45) is 0 Å². The van der Waals surface area contributed by atoms with Crippen LogP contribution in [-0.4, -0.2) is 39.9 Å². The van der Waals surface area contributed by atoms with Gasteiger partial charge in [-0.05, 0) is 25.3 Å². The van der Waals surface area contributed by atoms with Crippen LogP contribution in [0.2, 0.25) is 0 Å². The topological polar surface area (TPSA) is 68.8 Å². The molecular formula is C18H28N2O4. The molecule has 1 saturated carbocycles. The van der Waals surface area contributed by atoms with Crippen LogP contribution in [0, 0.1) is 0 Å². The number of hydrogen-bond donors (Lipinski definition) is 2. The third-order valence-corrected chi connectivity index (χ3v) is 4.41. The molecule has 0 aromatic heterocycles. The number of methoxy groups -OCH3 is 3. The second-order valence-corrected chi connectivity index (χ2v) is 5.98. The zero-order valence-electron chi connectivity index (χ0n) is 14.8. The van der Waals surface area contributed by atoms with Gasteiger partial charge in [0, 0.05) is 18.2 Å². The average molecular weight is 336 g/mol. The number of urea groups is 1.